The lowest BCUT2D eigenvalue weighted by Gasteiger charge is -2.29. The summed E-state index contributed by atoms with van der Waals surface area (Å²) < 4.78 is 28.4. The average molecular weight is 359 g/mol. The minimum Gasteiger partial charge on any atom is -0.367 e. The highest BCUT2D eigenvalue weighted by Crippen LogP contribution is 2.39. The number of aromatic nitrogens is 4. The summed E-state index contributed by atoms with van der Waals surface area (Å²) in [7, 11) is 0. The van der Waals surface area contributed by atoms with E-state index in [9.17, 15) is 8.78 Å². The number of allylic oxidation sites excluding steroid dienone is 1. The lowest BCUT2D eigenvalue weighted by molar-refractivity contribution is -0.0361. The van der Waals surface area contributed by atoms with Gasteiger partial charge in [-0.15, -0.1) is 0 Å². The molecule has 0 atom stereocenters. The second-order valence-corrected chi connectivity index (χ2v) is 7.45. The normalized spacial score (nSPS) is 20.1. The Morgan fingerprint density at radius 3 is 2.62 bits per heavy atom. The topological polar surface area (TPSA) is 55.6 Å². The molecule has 2 heterocycles. The molecule has 1 N–H and O–H groups in total. The third kappa shape index (κ3) is 3.76. The monoisotopic (exact) mass is 359 g/mol. The number of rotatable bonds is 5. The lowest BCUT2D eigenvalue weighted by Crippen LogP contribution is -2.32. The Bertz CT molecular complexity index is 815. The quantitative estimate of drug-likeness (QED) is 0.850. The molecule has 2 aromatic heterocycles. The summed E-state index contributed by atoms with van der Waals surface area (Å²) in [5.41, 5.74) is 2.61. The summed E-state index contributed by atoms with van der Waals surface area (Å²) in [5, 5.41) is 7.88. The van der Waals surface area contributed by atoms with E-state index in [2.05, 4.69) is 27.0 Å². The molecule has 2 saturated carbocycles. The summed E-state index contributed by atoms with van der Waals surface area (Å²) in [6.07, 6.45) is 4.94. The summed E-state index contributed by atoms with van der Waals surface area (Å²) in [6.45, 7) is 5.85. The number of hydrogen-bond acceptors (Lipinski definition) is 4. The van der Waals surface area contributed by atoms with Gasteiger partial charge in [-0.2, -0.15) is 10.1 Å². The molecule has 0 radical (unpaired) electrons. The third-order valence-electron chi connectivity index (χ3n) is 5.03. The van der Waals surface area contributed by atoms with Gasteiger partial charge in [0.05, 0.1) is 11.4 Å². The number of halogens is 2. The molecule has 26 heavy (non-hydrogen) atoms. The molecule has 0 aliphatic heterocycles. The molecule has 2 aliphatic carbocycles. The highest BCUT2D eigenvalue weighted by Gasteiger charge is 2.35. The van der Waals surface area contributed by atoms with Gasteiger partial charge >= 0.3 is 0 Å². The van der Waals surface area contributed by atoms with E-state index in [1.165, 1.54) is 12.8 Å². The Kier molecular flexibility index (Phi) is 4.25. The van der Waals surface area contributed by atoms with Gasteiger partial charge in [0.1, 0.15) is 5.82 Å². The molecule has 2 aromatic rings. The van der Waals surface area contributed by atoms with Gasteiger partial charge in [-0.25, -0.2) is 18.4 Å². The Morgan fingerprint density at radius 1 is 1.23 bits per heavy atom. The zero-order chi connectivity index (χ0) is 18.3. The van der Waals surface area contributed by atoms with Gasteiger partial charge < -0.3 is 5.32 Å². The predicted octanol–water partition coefficient (Wildman–Crippen LogP) is 4.56. The number of alkyl halides is 2. The standard InChI is InChI=1S/C19H23F2N5/c1-12(2)16-11-17(22-14-5-8-19(20,21)9-6-14)24-18(23-16)26-10-7-15(25-26)13-3-4-13/h7,10-11,13-14H,1,3-6,8-9H2,2H3,(H,22,23,24). The van der Waals surface area contributed by atoms with E-state index in [4.69, 9.17) is 0 Å². The first kappa shape index (κ1) is 17.1. The molecule has 0 saturated heterocycles. The molecule has 5 nitrogen and oxygen atoms in total. The van der Waals surface area contributed by atoms with E-state index >= 15 is 0 Å². The van der Waals surface area contributed by atoms with Crippen molar-refractivity contribution in [2.45, 2.75) is 63.3 Å². The van der Waals surface area contributed by atoms with E-state index < -0.39 is 5.92 Å². The summed E-state index contributed by atoms with van der Waals surface area (Å²) in [5.74, 6) is -0.874. The largest absolute Gasteiger partial charge is 0.367 e. The zero-order valence-electron chi connectivity index (χ0n) is 14.9. The minimum atomic E-state index is -2.54. The minimum absolute atomic E-state index is 0.00464. The second-order valence-electron chi connectivity index (χ2n) is 7.45. The molecule has 0 bridgehead atoms. The van der Waals surface area contributed by atoms with Gasteiger partial charge in [-0.05, 0) is 44.2 Å². The molecule has 2 aliphatic rings. The molecule has 2 fully saturated rings. The van der Waals surface area contributed by atoms with E-state index in [1.807, 2.05) is 25.3 Å². The van der Waals surface area contributed by atoms with E-state index in [0.717, 1.165) is 17.0 Å². The fourth-order valence-electron chi connectivity index (χ4n) is 3.27. The van der Waals surface area contributed by atoms with E-state index in [1.54, 1.807) is 4.68 Å². The summed E-state index contributed by atoms with van der Waals surface area (Å²) in [4.78, 5) is 9.10. The van der Waals surface area contributed by atoms with Gasteiger partial charge in [0.2, 0.25) is 5.92 Å². The second kappa shape index (κ2) is 6.45. The van der Waals surface area contributed by atoms with Crippen LogP contribution in [0.1, 0.15) is 62.8 Å². The van der Waals surface area contributed by atoms with Crippen LogP contribution >= 0.6 is 0 Å². The molecule has 0 aromatic carbocycles. The number of nitrogens with zero attached hydrogens (tertiary/aromatic N) is 4. The lowest BCUT2D eigenvalue weighted by atomic mass is 9.92. The molecule has 7 heteroatoms. The van der Waals surface area contributed by atoms with Crippen LogP contribution in [0.25, 0.3) is 11.5 Å². The first-order chi connectivity index (χ1) is 12.4. The number of nitrogens with one attached hydrogen (secondary N) is 1. The molecule has 0 spiro atoms. The maximum atomic E-state index is 13.4. The van der Waals surface area contributed by atoms with Crippen LogP contribution in [-0.4, -0.2) is 31.7 Å². The van der Waals surface area contributed by atoms with Gasteiger partial charge in [0.15, 0.2) is 0 Å². The summed E-state index contributed by atoms with van der Waals surface area (Å²) >= 11 is 0. The highest BCUT2D eigenvalue weighted by molar-refractivity contribution is 5.61. The van der Waals surface area contributed by atoms with Gasteiger partial charge in [-0.1, -0.05) is 6.58 Å². The maximum absolute atomic E-state index is 13.4. The maximum Gasteiger partial charge on any atom is 0.253 e. The molecular formula is C19H23F2N5. The number of hydrogen-bond donors (Lipinski definition) is 1. The van der Waals surface area contributed by atoms with Crippen molar-refractivity contribution in [1.82, 2.24) is 19.7 Å². The van der Waals surface area contributed by atoms with Crippen LogP contribution in [0.15, 0.2) is 24.9 Å². The van der Waals surface area contributed by atoms with Crippen LogP contribution in [0, 0.1) is 0 Å². The summed E-state index contributed by atoms with van der Waals surface area (Å²) in [6, 6.07) is 3.82. The van der Waals surface area contributed by atoms with Crippen LogP contribution < -0.4 is 5.32 Å². The average Bonchev–Trinajstić information content (AvgIpc) is 3.33. The molecule has 0 unspecified atom stereocenters. The van der Waals surface area contributed by atoms with Crippen molar-refractivity contribution < 1.29 is 8.78 Å². The van der Waals surface area contributed by atoms with Gasteiger partial charge in [0.25, 0.3) is 5.95 Å². The van der Waals surface area contributed by atoms with Gasteiger partial charge in [0, 0.05) is 37.1 Å². The van der Waals surface area contributed by atoms with Crippen LogP contribution in [0.4, 0.5) is 14.6 Å². The van der Waals surface area contributed by atoms with Crippen LogP contribution in [-0.2, 0) is 0 Å². The van der Waals surface area contributed by atoms with Crippen molar-refractivity contribution in [2.24, 2.45) is 0 Å². The Labute approximate surface area is 151 Å². The predicted molar refractivity (Wildman–Crippen MR) is 96.7 cm³/mol. The number of anilines is 1. The fourth-order valence-corrected chi connectivity index (χ4v) is 3.27. The third-order valence-corrected chi connectivity index (χ3v) is 5.03. The van der Waals surface area contributed by atoms with Crippen molar-refractivity contribution in [3.05, 3.63) is 36.3 Å². The molecule has 4 rings (SSSR count). The Morgan fingerprint density at radius 2 is 1.96 bits per heavy atom. The van der Waals surface area contributed by atoms with Crippen LogP contribution in [0.5, 0.6) is 0 Å². The highest BCUT2D eigenvalue weighted by atomic mass is 19.3. The van der Waals surface area contributed by atoms with Crippen molar-refractivity contribution in [2.75, 3.05) is 5.32 Å². The Hall–Kier alpha value is -2.31. The van der Waals surface area contributed by atoms with Crippen molar-refractivity contribution in [3.8, 4) is 5.95 Å². The smallest absolute Gasteiger partial charge is 0.253 e. The van der Waals surface area contributed by atoms with E-state index in [0.29, 0.717) is 30.5 Å². The SMILES string of the molecule is C=C(C)c1cc(NC2CCC(F)(F)CC2)nc(-n2ccc(C3CC3)n2)n1. The Balaban J connectivity index is 1.57. The van der Waals surface area contributed by atoms with Crippen LogP contribution in [0.3, 0.4) is 0 Å². The first-order valence-corrected chi connectivity index (χ1v) is 9.15. The molecular weight excluding hydrogens is 336 g/mol. The van der Waals surface area contributed by atoms with Crippen molar-refractivity contribution in [3.63, 3.8) is 0 Å². The van der Waals surface area contributed by atoms with E-state index in [-0.39, 0.29) is 18.9 Å². The molecule has 138 valence electrons. The van der Waals surface area contributed by atoms with Crippen molar-refractivity contribution >= 4 is 11.4 Å². The zero-order valence-corrected chi connectivity index (χ0v) is 14.9. The fraction of sp³-hybridized carbons (Fsp3) is 0.526. The van der Waals surface area contributed by atoms with Crippen LogP contribution in [0.2, 0.25) is 0 Å². The van der Waals surface area contributed by atoms with Gasteiger partial charge in [-0.3, -0.25) is 0 Å². The molecule has 0 amide bonds. The van der Waals surface area contributed by atoms with Crippen molar-refractivity contribution in [1.29, 1.82) is 0 Å². The first-order valence-electron chi connectivity index (χ1n) is 9.15.